The van der Waals surface area contributed by atoms with Crippen molar-refractivity contribution in [2.45, 2.75) is 113 Å². The van der Waals surface area contributed by atoms with Crippen molar-refractivity contribution in [1.82, 2.24) is 0 Å². The number of benzene rings is 3. The van der Waals surface area contributed by atoms with Crippen LogP contribution in [0.3, 0.4) is 0 Å². The molecule has 3 heterocycles. The average Bonchev–Trinajstić information content (AvgIpc) is 3.22. The fourth-order valence-corrected chi connectivity index (χ4v) is 7.02. The lowest BCUT2D eigenvalue weighted by Gasteiger charge is -2.39. The molecule has 0 radical (unpaired) electrons. The zero-order valence-electron chi connectivity index (χ0n) is 32.4. The number of aromatic hydroxyl groups is 2. The number of phenols is 2. The first-order valence-corrected chi connectivity index (χ1v) is 18.8. The topological polar surface area (TPSA) is 348 Å². The fraction of sp³-hybridized carbons (Fsp3) is 0.538. The third kappa shape index (κ3) is 8.92. The lowest BCUT2D eigenvalue weighted by Crippen LogP contribution is -2.60. The van der Waals surface area contributed by atoms with Crippen molar-refractivity contribution >= 4 is 0 Å². The Morgan fingerprint density at radius 1 is 0.450 bits per heavy atom. The van der Waals surface area contributed by atoms with Crippen molar-refractivity contribution < 1.29 is 105 Å². The molecule has 0 amide bonds. The smallest absolute Gasteiger partial charge is 0.229 e. The molecule has 0 bridgehead atoms. The largest absolute Gasteiger partial charge is 0.507 e. The van der Waals surface area contributed by atoms with Gasteiger partial charge in [0.15, 0.2) is 11.5 Å². The molecule has 332 valence electrons. The van der Waals surface area contributed by atoms with Gasteiger partial charge in [0.05, 0.1) is 19.8 Å². The number of hydrogen-bond acceptors (Lipinski definition) is 21. The summed E-state index contributed by atoms with van der Waals surface area (Å²) in [6.07, 6.45) is -24.4. The summed E-state index contributed by atoms with van der Waals surface area (Å²) in [5.41, 5.74) is 0.677. The second-order valence-electron chi connectivity index (χ2n) is 14.9. The number of hydrogen-bond donors (Lipinski definition) is 14. The second kappa shape index (κ2) is 18.5. The highest BCUT2D eigenvalue weighted by Crippen LogP contribution is 2.48. The van der Waals surface area contributed by atoms with Crippen LogP contribution in [0.4, 0.5) is 0 Å². The SMILES string of the molecule is Cc1cc(O)c(Oc2c(C)cc(O[C@@H]3O[C@H](CO)[C@@H](O)[C@H](O)[C@H]3O)cc2-c2cc(O[C@@H]3O[C@H](CO)[C@@H](O)[C@H](O)[C@H]3O)cc(C)c2O)cc1O[C@@H]1O[C@H](CO)[C@@H](O)[C@H](O)[C@H]1O. The molecule has 0 unspecified atom stereocenters. The molecule has 6 rings (SSSR count). The molecule has 60 heavy (non-hydrogen) atoms. The van der Waals surface area contributed by atoms with Crippen LogP contribution in [-0.4, -0.2) is 183 Å². The van der Waals surface area contributed by atoms with Crippen LogP contribution >= 0.6 is 0 Å². The van der Waals surface area contributed by atoms with Crippen LogP contribution in [0.1, 0.15) is 16.7 Å². The van der Waals surface area contributed by atoms with E-state index in [1.807, 2.05) is 0 Å². The summed E-state index contributed by atoms with van der Waals surface area (Å²) >= 11 is 0. The fourth-order valence-electron chi connectivity index (χ4n) is 7.02. The standard InChI is InChI=1S/C39H50O21/c1-13-6-20(43)22(9-21(13)57-39-35(53)32(50)29(47)25(12-42)60-39)56-36-15(3)5-17(55-38-34(52)31(49)28(46)24(11-41)59-38)8-19(36)18-7-16(4-14(2)26(18)44)54-37-33(51)30(48)27(45)23(10-40)58-37/h4-9,23-25,27-35,37-53H,10-12H2,1-3H3/t23-,24-,25-,27-,28-,29-,30+,31+,32+,33-,34-,35-,37-,38-,39-/m1/s1. The zero-order valence-corrected chi connectivity index (χ0v) is 32.4. The van der Waals surface area contributed by atoms with Crippen LogP contribution in [0.2, 0.25) is 0 Å². The highest BCUT2D eigenvalue weighted by molar-refractivity contribution is 5.81. The predicted molar refractivity (Wildman–Crippen MR) is 199 cm³/mol. The lowest BCUT2D eigenvalue weighted by atomic mass is 9.97. The van der Waals surface area contributed by atoms with Gasteiger partial charge >= 0.3 is 0 Å². The van der Waals surface area contributed by atoms with Crippen LogP contribution < -0.4 is 18.9 Å². The Morgan fingerprint density at radius 3 is 1.32 bits per heavy atom. The number of aryl methyl sites for hydroxylation is 3. The molecule has 21 heteroatoms. The summed E-state index contributed by atoms with van der Waals surface area (Å²) in [6, 6.07) is 7.82. The van der Waals surface area contributed by atoms with Gasteiger partial charge in [0, 0.05) is 17.2 Å². The van der Waals surface area contributed by atoms with E-state index in [4.69, 9.17) is 33.2 Å². The Morgan fingerprint density at radius 2 is 0.867 bits per heavy atom. The van der Waals surface area contributed by atoms with Crippen LogP contribution in [0.5, 0.6) is 40.2 Å². The molecule has 3 aliphatic rings. The molecular weight excluding hydrogens is 804 g/mol. The molecule has 3 aliphatic heterocycles. The number of phenolic OH excluding ortho intramolecular Hbond substituents is 2. The Bertz CT molecular complexity index is 1960. The van der Waals surface area contributed by atoms with Crippen molar-refractivity contribution in [3.05, 3.63) is 53.1 Å². The maximum Gasteiger partial charge on any atom is 0.229 e. The molecule has 3 fully saturated rings. The van der Waals surface area contributed by atoms with E-state index in [9.17, 15) is 71.5 Å². The number of ether oxygens (including phenoxy) is 7. The van der Waals surface area contributed by atoms with E-state index >= 15 is 0 Å². The van der Waals surface area contributed by atoms with E-state index in [-0.39, 0.29) is 56.8 Å². The number of aliphatic hydroxyl groups is 12. The van der Waals surface area contributed by atoms with Crippen molar-refractivity contribution in [2.24, 2.45) is 0 Å². The van der Waals surface area contributed by atoms with Gasteiger partial charge in [0.1, 0.15) is 102 Å². The third-order valence-corrected chi connectivity index (χ3v) is 10.6. The molecule has 0 aromatic heterocycles. The zero-order chi connectivity index (χ0) is 43.9. The van der Waals surface area contributed by atoms with E-state index in [2.05, 4.69) is 0 Å². The van der Waals surface area contributed by atoms with E-state index in [1.165, 1.54) is 57.2 Å². The van der Waals surface area contributed by atoms with E-state index in [0.29, 0.717) is 5.56 Å². The minimum Gasteiger partial charge on any atom is -0.507 e. The van der Waals surface area contributed by atoms with Crippen LogP contribution in [0.15, 0.2) is 36.4 Å². The number of aliphatic hydroxyl groups excluding tert-OH is 12. The summed E-state index contributed by atoms with van der Waals surface area (Å²) in [4.78, 5) is 0. The Balaban J connectivity index is 1.42. The monoisotopic (exact) mass is 854 g/mol. The summed E-state index contributed by atoms with van der Waals surface area (Å²) in [7, 11) is 0. The highest BCUT2D eigenvalue weighted by Gasteiger charge is 2.47. The summed E-state index contributed by atoms with van der Waals surface area (Å²) in [6.45, 7) is 2.38. The Kier molecular flexibility index (Phi) is 14.0. The van der Waals surface area contributed by atoms with Gasteiger partial charge in [0.2, 0.25) is 18.9 Å². The first kappa shape index (κ1) is 45.4. The van der Waals surface area contributed by atoms with Crippen molar-refractivity contribution in [2.75, 3.05) is 19.8 Å². The summed E-state index contributed by atoms with van der Waals surface area (Å²) in [5.74, 6) is -1.29. The Labute approximate surface area is 341 Å². The average molecular weight is 855 g/mol. The van der Waals surface area contributed by atoms with Crippen molar-refractivity contribution in [3.8, 4) is 51.4 Å². The quantitative estimate of drug-likeness (QED) is 0.0864. The van der Waals surface area contributed by atoms with Gasteiger partial charge in [-0.3, -0.25) is 0 Å². The van der Waals surface area contributed by atoms with Gasteiger partial charge in [-0.05, 0) is 67.8 Å². The minimum absolute atomic E-state index is 0.00539. The van der Waals surface area contributed by atoms with E-state index in [1.54, 1.807) is 0 Å². The second-order valence-corrected chi connectivity index (χ2v) is 14.9. The highest BCUT2D eigenvalue weighted by atomic mass is 16.7. The molecule has 0 aliphatic carbocycles. The van der Waals surface area contributed by atoms with Crippen molar-refractivity contribution in [3.63, 3.8) is 0 Å². The Hall–Kier alpha value is -4.14. The summed E-state index contributed by atoms with van der Waals surface area (Å²) in [5, 5.41) is 145. The van der Waals surface area contributed by atoms with Gasteiger partial charge in [-0.25, -0.2) is 0 Å². The van der Waals surface area contributed by atoms with E-state index in [0.717, 1.165) is 0 Å². The predicted octanol–water partition coefficient (Wildman–Crippen LogP) is -2.98. The van der Waals surface area contributed by atoms with E-state index < -0.39 is 118 Å². The van der Waals surface area contributed by atoms with Gasteiger partial charge in [-0.2, -0.15) is 0 Å². The third-order valence-electron chi connectivity index (χ3n) is 10.6. The van der Waals surface area contributed by atoms with Gasteiger partial charge < -0.3 is 105 Å². The van der Waals surface area contributed by atoms with Crippen molar-refractivity contribution in [1.29, 1.82) is 0 Å². The molecule has 3 saturated heterocycles. The molecular formula is C39H50O21. The maximum absolute atomic E-state index is 11.5. The first-order valence-electron chi connectivity index (χ1n) is 18.8. The molecule has 0 spiro atoms. The van der Waals surface area contributed by atoms with Crippen LogP contribution in [-0.2, 0) is 14.2 Å². The molecule has 3 aromatic carbocycles. The minimum atomic E-state index is -1.81. The molecule has 15 atom stereocenters. The maximum atomic E-state index is 11.5. The van der Waals surface area contributed by atoms with Gasteiger partial charge in [0.25, 0.3) is 0 Å². The van der Waals surface area contributed by atoms with Crippen LogP contribution in [0, 0.1) is 20.8 Å². The molecule has 3 aromatic rings. The normalized spacial score (nSPS) is 34.5. The molecule has 0 saturated carbocycles. The molecule has 14 N–H and O–H groups in total. The summed E-state index contributed by atoms with van der Waals surface area (Å²) < 4.78 is 40.4. The molecule has 21 nitrogen and oxygen atoms in total. The van der Waals surface area contributed by atoms with Gasteiger partial charge in [-0.15, -0.1) is 0 Å². The first-order chi connectivity index (χ1) is 28.4. The number of rotatable bonds is 12. The van der Waals surface area contributed by atoms with Gasteiger partial charge in [-0.1, -0.05) is 0 Å². The lowest BCUT2D eigenvalue weighted by molar-refractivity contribution is -0.277. The van der Waals surface area contributed by atoms with Crippen LogP contribution in [0.25, 0.3) is 11.1 Å².